The molecule has 1 aromatic rings. The number of hydrogen-bond donors (Lipinski definition) is 4. The van der Waals surface area contributed by atoms with Crippen LogP contribution in [0.1, 0.15) is 27.2 Å². The fraction of sp³-hybridized carbons (Fsp3) is 0.500. The summed E-state index contributed by atoms with van der Waals surface area (Å²) < 4.78 is 24.7. The minimum absolute atomic E-state index is 0.0839. The number of ketones is 1. The molecule has 1 amide bonds. The number of amides is 1. The molecule has 0 saturated heterocycles. The predicted octanol–water partition coefficient (Wildman–Crippen LogP) is 0.744. The summed E-state index contributed by atoms with van der Waals surface area (Å²) in [6.45, 7) is 4.33. The lowest BCUT2D eigenvalue weighted by Crippen LogP contribution is -2.46. The lowest BCUT2D eigenvalue weighted by molar-refractivity contribution is -0.134. The summed E-state index contributed by atoms with van der Waals surface area (Å²) in [5.41, 5.74) is -0.0911. The van der Waals surface area contributed by atoms with Crippen molar-refractivity contribution in [2.75, 3.05) is 17.6 Å². The van der Waals surface area contributed by atoms with Gasteiger partial charge in [-0.15, -0.1) is 0 Å². The van der Waals surface area contributed by atoms with Gasteiger partial charge in [0.1, 0.15) is 5.60 Å². The average molecular weight is 372 g/mol. The molecule has 1 unspecified atom stereocenters. The number of rotatable bonds is 9. The van der Waals surface area contributed by atoms with Crippen LogP contribution in [-0.2, 0) is 19.4 Å². The molecule has 1 rings (SSSR count). The predicted molar refractivity (Wildman–Crippen MR) is 92.0 cm³/mol. The number of carbonyl (C=O) groups is 2. The van der Waals surface area contributed by atoms with Crippen LogP contribution in [0.4, 0.5) is 5.69 Å². The Balaban J connectivity index is 2.86. The molecule has 0 heterocycles. The molecule has 0 aliphatic rings. The Morgan fingerprint density at radius 2 is 1.76 bits per heavy atom. The highest BCUT2D eigenvalue weighted by Crippen LogP contribution is 2.20. The van der Waals surface area contributed by atoms with Crippen molar-refractivity contribution < 1.29 is 28.3 Å². The van der Waals surface area contributed by atoms with Crippen molar-refractivity contribution in [1.82, 2.24) is 5.48 Å². The van der Waals surface area contributed by atoms with Crippen molar-refractivity contribution in [1.29, 1.82) is 0 Å². The van der Waals surface area contributed by atoms with Gasteiger partial charge in [0.25, 0.3) is 0 Å². The van der Waals surface area contributed by atoms with E-state index in [1.165, 1.54) is 24.3 Å². The minimum Gasteiger partial charge on any atom is -0.381 e. The van der Waals surface area contributed by atoms with Gasteiger partial charge in [-0.2, -0.15) is 5.48 Å². The maximum atomic E-state index is 12.4. The van der Waals surface area contributed by atoms with Crippen LogP contribution >= 0.6 is 0 Å². The largest absolute Gasteiger partial charge is 0.381 e. The van der Waals surface area contributed by atoms with E-state index >= 15 is 0 Å². The highest BCUT2D eigenvalue weighted by molar-refractivity contribution is 7.91. The lowest BCUT2D eigenvalue weighted by atomic mass is 10.0. The summed E-state index contributed by atoms with van der Waals surface area (Å²) in [5.74, 6) is -1.64. The van der Waals surface area contributed by atoms with E-state index in [0.717, 1.165) is 6.92 Å². The number of hydrogen-bond acceptors (Lipinski definition) is 7. The molecule has 0 spiro atoms. The molecule has 0 bridgehead atoms. The molecule has 4 N–H and O–H groups in total. The summed E-state index contributed by atoms with van der Waals surface area (Å²) in [5, 5.41) is 21.2. The van der Waals surface area contributed by atoms with E-state index in [-0.39, 0.29) is 16.7 Å². The quantitative estimate of drug-likeness (QED) is 0.470. The molecule has 0 aromatic heterocycles. The SMILES string of the molecule is CC(C)CC(=O)Nc1ccc(S(=O)(=O)CC(C)(O)C(=O)CNO)cc1. The Kier molecular flexibility index (Phi) is 7.24. The zero-order chi connectivity index (χ0) is 19.3. The molecule has 1 aromatic carbocycles. The summed E-state index contributed by atoms with van der Waals surface area (Å²) in [7, 11) is -3.94. The monoisotopic (exact) mass is 372 g/mol. The smallest absolute Gasteiger partial charge is 0.224 e. The van der Waals surface area contributed by atoms with Crippen molar-refractivity contribution in [2.24, 2.45) is 5.92 Å². The molecular weight excluding hydrogens is 348 g/mol. The van der Waals surface area contributed by atoms with Gasteiger partial charge in [0.05, 0.1) is 17.2 Å². The third kappa shape index (κ3) is 6.54. The van der Waals surface area contributed by atoms with Gasteiger partial charge in [-0.3, -0.25) is 9.59 Å². The lowest BCUT2D eigenvalue weighted by Gasteiger charge is -2.21. The number of aliphatic hydroxyl groups is 1. The van der Waals surface area contributed by atoms with Crippen LogP contribution in [0.5, 0.6) is 0 Å². The average Bonchev–Trinajstić information content (AvgIpc) is 2.46. The molecule has 25 heavy (non-hydrogen) atoms. The summed E-state index contributed by atoms with van der Waals surface area (Å²) in [4.78, 5) is 23.3. The van der Waals surface area contributed by atoms with Crippen molar-refractivity contribution in [3.05, 3.63) is 24.3 Å². The zero-order valence-corrected chi connectivity index (χ0v) is 15.3. The normalized spacial score (nSPS) is 14.2. The van der Waals surface area contributed by atoms with E-state index in [1.807, 2.05) is 13.8 Å². The van der Waals surface area contributed by atoms with Gasteiger partial charge in [0.2, 0.25) is 5.91 Å². The summed E-state index contributed by atoms with van der Waals surface area (Å²) in [6, 6.07) is 5.48. The van der Waals surface area contributed by atoms with E-state index in [0.29, 0.717) is 12.1 Å². The van der Waals surface area contributed by atoms with Gasteiger partial charge in [-0.25, -0.2) is 8.42 Å². The fourth-order valence-corrected chi connectivity index (χ4v) is 3.74. The number of Topliss-reactive ketones (excluding diaryl/α,β-unsaturated/α-hetero) is 1. The van der Waals surface area contributed by atoms with E-state index < -0.39 is 33.5 Å². The van der Waals surface area contributed by atoms with Gasteiger partial charge in [0, 0.05) is 12.1 Å². The molecule has 0 radical (unpaired) electrons. The molecule has 9 heteroatoms. The van der Waals surface area contributed by atoms with Gasteiger partial charge in [0.15, 0.2) is 15.6 Å². The number of anilines is 1. The van der Waals surface area contributed by atoms with Crippen LogP contribution in [-0.4, -0.2) is 48.3 Å². The Labute approximate surface area is 147 Å². The van der Waals surface area contributed by atoms with Gasteiger partial charge < -0.3 is 15.6 Å². The Morgan fingerprint density at radius 3 is 2.24 bits per heavy atom. The van der Waals surface area contributed by atoms with E-state index in [4.69, 9.17) is 5.21 Å². The standard InChI is InChI=1S/C16H24N2O6S/c1-11(2)8-15(20)18-12-4-6-13(7-5-12)25(23,24)10-16(3,21)14(19)9-17-22/h4-7,11,17,21-22H,8-10H2,1-3H3,(H,18,20). The van der Waals surface area contributed by atoms with E-state index in [2.05, 4.69) is 5.32 Å². The van der Waals surface area contributed by atoms with Crippen LogP contribution in [0, 0.1) is 5.92 Å². The first kappa shape index (κ1) is 21.2. The molecule has 0 saturated carbocycles. The Bertz CT molecular complexity index is 711. The fourth-order valence-electron chi connectivity index (χ4n) is 2.12. The topological polar surface area (TPSA) is 133 Å². The highest BCUT2D eigenvalue weighted by atomic mass is 32.2. The van der Waals surface area contributed by atoms with E-state index in [1.54, 1.807) is 5.48 Å². The number of sulfone groups is 1. The van der Waals surface area contributed by atoms with E-state index in [9.17, 15) is 23.1 Å². The third-order valence-electron chi connectivity index (χ3n) is 3.40. The zero-order valence-electron chi connectivity index (χ0n) is 14.4. The molecule has 0 fully saturated rings. The first-order valence-electron chi connectivity index (χ1n) is 7.73. The second-order valence-electron chi connectivity index (χ2n) is 6.46. The van der Waals surface area contributed by atoms with Crippen molar-refractivity contribution >= 4 is 27.2 Å². The summed E-state index contributed by atoms with van der Waals surface area (Å²) >= 11 is 0. The second-order valence-corrected chi connectivity index (χ2v) is 8.45. The number of hydroxylamine groups is 1. The van der Waals surface area contributed by atoms with Crippen molar-refractivity contribution in [3.8, 4) is 0 Å². The molecule has 140 valence electrons. The highest BCUT2D eigenvalue weighted by Gasteiger charge is 2.35. The minimum atomic E-state index is -3.94. The van der Waals surface area contributed by atoms with Crippen LogP contribution in [0.3, 0.4) is 0 Å². The Hall–Kier alpha value is -1.81. The third-order valence-corrected chi connectivity index (χ3v) is 5.33. The van der Waals surface area contributed by atoms with Crippen LogP contribution in [0.2, 0.25) is 0 Å². The molecule has 0 aliphatic heterocycles. The number of nitrogens with one attached hydrogen (secondary N) is 2. The van der Waals surface area contributed by atoms with Gasteiger partial charge >= 0.3 is 0 Å². The first-order valence-corrected chi connectivity index (χ1v) is 9.38. The second kappa shape index (κ2) is 8.52. The van der Waals surface area contributed by atoms with Crippen LogP contribution in [0.15, 0.2) is 29.2 Å². The molecule has 8 nitrogen and oxygen atoms in total. The van der Waals surface area contributed by atoms with Crippen LogP contribution in [0.25, 0.3) is 0 Å². The van der Waals surface area contributed by atoms with Gasteiger partial charge in [-0.05, 0) is 37.1 Å². The van der Waals surface area contributed by atoms with Crippen LogP contribution < -0.4 is 10.8 Å². The molecular formula is C16H24N2O6S. The van der Waals surface area contributed by atoms with Crippen molar-refractivity contribution in [2.45, 2.75) is 37.7 Å². The molecule has 1 atom stereocenters. The molecule has 0 aliphatic carbocycles. The maximum absolute atomic E-state index is 12.4. The Morgan fingerprint density at radius 1 is 1.20 bits per heavy atom. The first-order chi connectivity index (χ1) is 11.5. The maximum Gasteiger partial charge on any atom is 0.224 e. The van der Waals surface area contributed by atoms with Gasteiger partial charge in [-0.1, -0.05) is 13.8 Å². The summed E-state index contributed by atoms with van der Waals surface area (Å²) in [6.07, 6.45) is 0.351. The van der Waals surface area contributed by atoms with Crippen molar-refractivity contribution in [3.63, 3.8) is 0 Å². The number of carbonyl (C=O) groups excluding carboxylic acids is 2. The number of benzene rings is 1.